The Kier molecular flexibility index (Phi) is 9.39. The fraction of sp³-hybridized carbons (Fsp3) is 0.263. The maximum atomic E-state index is 12.9. The van der Waals surface area contributed by atoms with Crippen molar-refractivity contribution in [2.24, 2.45) is 5.73 Å². The molecular weight excluding hydrogens is 719 g/mol. The van der Waals surface area contributed by atoms with Gasteiger partial charge in [0.2, 0.25) is 11.6 Å². The lowest BCUT2D eigenvalue weighted by atomic mass is 9.90. The van der Waals surface area contributed by atoms with Gasteiger partial charge in [-0.05, 0) is 85.0 Å². The molecule has 2 aromatic rings. The Bertz CT molecular complexity index is 923. The topological polar surface area (TPSA) is 141 Å². The van der Waals surface area contributed by atoms with Gasteiger partial charge in [0.1, 0.15) is 24.4 Å². The van der Waals surface area contributed by atoms with E-state index in [2.05, 4.69) is 67.8 Å². The first-order valence-electron chi connectivity index (χ1n) is 8.33. The maximum Gasteiger partial charge on any atom is 0.230 e. The third-order valence-corrected chi connectivity index (χ3v) is 9.53. The number of hydrogen-bond donors (Lipinski definition) is 5. The van der Waals surface area contributed by atoms with Crippen molar-refractivity contribution >= 4 is 79.3 Å². The lowest BCUT2D eigenvalue weighted by molar-refractivity contribution is -0.125. The van der Waals surface area contributed by atoms with Crippen LogP contribution in [0, 0.1) is 10.7 Å². The molecule has 0 saturated heterocycles. The normalized spacial score (nSPS) is 15.4. The molecule has 6 N–H and O–H groups in total. The fourth-order valence-electron chi connectivity index (χ4n) is 2.64. The van der Waals surface area contributed by atoms with E-state index in [4.69, 9.17) is 10.8 Å². The number of halogens is 3. The van der Waals surface area contributed by atoms with Crippen LogP contribution >= 0.6 is 67.8 Å². The Balaban J connectivity index is 2.40. The highest BCUT2D eigenvalue weighted by Gasteiger charge is 2.36. The summed E-state index contributed by atoms with van der Waals surface area (Å²) in [5, 5.41) is 38.1. The molecule has 29 heavy (non-hydrogen) atoms. The molecule has 0 saturated carbocycles. The number of benzene rings is 2. The van der Waals surface area contributed by atoms with Crippen LogP contribution in [0.3, 0.4) is 0 Å². The Hall–Kier alpha value is -0.230. The van der Waals surface area contributed by atoms with E-state index < -0.39 is 42.5 Å². The number of rotatable bonds is 8. The summed E-state index contributed by atoms with van der Waals surface area (Å²) in [4.78, 5) is 25.5. The molecule has 0 radical (unpaired) electrons. The summed E-state index contributed by atoms with van der Waals surface area (Å²) >= 11 is 6.60. The van der Waals surface area contributed by atoms with Crippen molar-refractivity contribution in [2.45, 2.75) is 24.4 Å². The van der Waals surface area contributed by atoms with Gasteiger partial charge in [0.05, 0.1) is 6.61 Å². The molecule has 0 bridgehead atoms. The van der Waals surface area contributed by atoms with Gasteiger partial charge in [0, 0.05) is 16.3 Å². The van der Waals surface area contributed by atoms with Crippen molar-refractivity contribution in [3.8, 4) is 11.1 Å². The third kappa shape index (κ3) is 5.53. The Morgan fingerprint density at radius 1 is 0.897 bits per heavy atom. The van der Waals surface area contributed by atoms with Crippen molar-refractivity contribution in [3.63, 3.8) is 0 Å². The van der Waals surface area contributed by atoms with E-state index in [1.807, 2.05) is 12.1 Å². The lowest BCUT2D eigenvalue weighted by Gasteiger charge is -2.25. The van der Waals surface area contributed by atoms with Gasteiger partial charge in [-0.3, -0.25) is 9.59 Å². The molecule has 0 amide bonds. The minimum atomic E-state index is -1.92. The Morgan fingerprint density at radius 3 is 2.14 bits per heavy atom. The quantitative estimate of drug-likeness (QED) is 0.119. The van der Waals surface area contributed by atoms with Crippen molar-refractivity contribution < 1.29 is 30.0 Å². The van der Waals surface area contributed by atoms with E-state index in [0.717, 1.165) is 16.3 Å². The molecule has 10 heteroatoms. The van der Waals surface area contributed by atoms with Gasteiger partial charge < -0.3 is 26.2 Å². The predicted octanol–water partition coefficient (Wildman–Crippen LogP) is 1.32. The lowest BCUT2D eigenvalue weighted by Crippen LogP contribution is -2.54. The molecule has 0 aliphatic rings. The van der Waals surface area contributed by atoms with E-state index >= 15 is 0 Å². The van der Waals surface area contributed by atoms with Gasteiger partial charge in [-0.1, -0.05) is 30.3 Å². The van der Waals surface area contributed by atoms with Crippen LogP contribution in [0.5, 0.6) is 0 Å². The highest BCUT2D eigenvalue weighted by molar-refractivity contribution is 14.1. The molecule has 0 aliphatic carbocycles. The second-order valence-electron chi connectivity index (χ2n) is 6.22. The highest BCUT2D eigenvalue weighted by atomic mass is 127. The molecule has 0 aromatic heterocycles. The van der Waals surface area contributed by atoms with Gasteiger partial charge >= 0.3 is 0 Å². The molecule has 0 fully saturated rings. The highest BCUT2D eigenvalue weighted by Crippen LogP contribution is 2.33. The summed E-state index contributed by atoms with van der Waals surface area (Å²) < 4.78 is 2.99. The van der Waals surface area contributed by atoms with Crippen molar-refractivity contribution in [3.05, 3.63) is 52.7 Å². The molecule has 2 rings (SSSR count). The zero-order chi connectivity index (χ0) is 21.9. The number of hydrogen-bond acceptors (Lipinski definition) is 7. The first-order valence-corrected chi connectivity index (χ1v) is 11.6. The first-order chi connectivity index (χ1) is 13.6. The Labute approximate surface area is 208 Å². The van der Waals surface area contributed by atoms with E-state index in [9.17, 15) is 24.9 Å². The average molecular weight is 737 g/mol. The van der Waals surface area contributed by atoms with Crippen LogP contribution in [-0.4, -0.2) is 63.0 Å². The van der Waals surface area contributed by atoms with Crippen LogP contribution in [-0.2, 0) is 4.79 Å². The van der Waals surface area contributed by atoms with Gasteiger partial charge in [0.15, 0.2) is 0 Å². The molecule has 156 valence electrons. The van der Waals surface area contributed by atoms with Crippen LogP contribution in [0.25, 0.3) is 11.1 Å². The minimum Gasteiger partial charge on any atom is -0.394 e. The molecule has 4 atom stereocenters. The summed E-state index contributed by atoms with van der Waals surface area (Å²) in [5.41, 5.74) is 7.11. The van der Waals surface area contributed by atoms with E-state index in [1.165, 1.54) is 6.07 Å². The van der Waals surface area contributed by atoms with Gasteiger partial charge in [-0.25, -0.2) is 0 Å². The average Bonchev–Trinajstić information content (AvgIpc) is 2.74. The zero-order valence-electron chi connectivity index (χ0n) is 14.8. The van der Waals surface area contributed by atoms with Crippen LogP contribution in [0.1, 0.15) is 10.4 Å². The number of carbonyl (C=O) groups is 2. The summed E-state index contributed by atoms with van der Waals surface area (Å²) in [6, 6.07) is 8.57. The maximum absolute atomic E-state index is 12.9. The summed E-state index contributed by atoms with van der Waals surface area (Å²) in [6.07, 6.45) is -5.48. The summed E-state index contributed by atoms with van der Waals surface area (Å²) in [6.45, 7) is -0.834. The predicted molar refractivity (Wildman–Crippen MR) is 132 cm³/mol. The van der Waals surface area contributed by atoms with Crippen molar-refractivity contribution in [1.82, 2.24) is 0 Å². The molecule has 0 aliphatic heterocycles. The standard InChI is InChI=1S/C19H18I3NO6/c20-11-6-5-9(13(21)14(11)22)8-3-1-2-4-10(8)16(26)18(28)15(23)19(29)17(27)12(25)7-24/h1-6,12,15,17,19,24-25,27,29H,7,23H2/t12-,15+,17-,19-/m1/s1. The number of ketones is 2. The molecule has 0 spiro atoms. The molecule has 0 heterocycles. The fourth-order valence-corrected chi connectivity index (χ4v) is 4.83. The second-order valence-corrected chi connectivity index (χ2v) is 9.54. The van der Waals surface area contributed by atoms with Crippen molar-refractivity contribution in [2.75, 3.05) is 6.61 Å². The second kappa shape index (κ2) is 10.9. The van der Waals surface area contributed by atoms with Crippen LogP contribution < -0.4 is 5.73 Å². The third-order valence-electron chi connectivity index (χ3n) is 4.32. The molecule has 0 unspecified atom stereocenters. The molecule has 2 aromatic carbocycles. The molecule has 7 nitrogen and oxygen atoms in total. The van der Waals surface area contributed by atoms with Gasteiger partial charge in [-0.2, -0.15) is 0 Å². The Morgan fingerprint density at radius 2 is 1.52 bits per heavy atom. The number of carbonyl (C=O) groups excluding carboxylic acids is 2. The smallest absolute Gasteiger partial charge is 0.230 e. The first kappa shape index (κ1) is 25.0. The largest absolute Gasteiger partial charge is 0.394 e. The number of nitrogens with two attached hydrogens (primary N) is 1. The SMILES string of the molecule is N[C@@H](C(=O)C(=O)c1ccccc1-c1ccc(I)c(I)c1I)[C@@H](O)[C@H](O)[C@H](O)CO. The van der Waals surface area contributed by atoms with Gasteiger partial charge in [0.25, 0.3) is 0 Å². The summed E-state index contributed by atoms with van der Waals surface area (Å²) in [7, 11) is 0. The number of Topliss-reactive ketones (excluding diaryl/α,β-unsaturated/α-hetero) is 2. The zero-order valence-corrected chi connectivity index (χ0v) is 21.3. The van der Waals surface area contributed by atoms with Gasteiger partial charge in [-0.15, -0.1) is 0 Å². The number of aliphatic hydroxyl groups excluding tert-OH is 4. The van der Waals surface area contributed by atoms with E-state index in [0.29, 0.717) is 5.56 Å². The monoisotopic (exact) mass is 737 g/mol. The molecular formula is C19H18I3NO6. The minimum absolute atomic E-state index is 0.118. The number of aliphatic hydroxyl groups is 4. The van der Waals surface area contributed by atoms with Crippen LogP contribution in [0.4, 0.5) is 0 Å². The van der Waals surface area contributed by atoms with Crippen molar-refractivity contribution in [1.29, 1.82) is 0 Å². The van der Waals surface area contributed by atoms with Crippen LogP contribution in [0.2, 0.25) is 0 Å². The van der Waals surface area contributed by atoms with E-state index in [-0.39, 0.29) is 5.56 Å². The summed E-state index contributed by atoms with van der Waals surface area (Å²) in [5.74, 6) is -2.02. The van der Waals surface area contributed by atoms with Crippen LogP contribution in [0.15, 0.2) is 36.4 Å². The van der Waals surface area contributed by atoms with E-state index in [1.54, 1.807) is 18.2 Å².